The average molecular weight is 219 g/mol. The number of hydrogen-bond donors (Lipinski definition) is 1. The molecular formula is C11H13N3O2. The third kappa shape index (κ3) is 1.84. The monoisotopic (exact) mass is 219 g/mol. The molecule has 5 heteroatoms. The minimum atomic E-state index is -0.466. The van der Waals surface area contributed by atoms with Crippen LogP contribution in [0.5, 0.6) is 0 Å². The molecule has 0 aromatic carbocycles. The van der Waals surface area contributed by atoms with Gasteiger partial charge in [0.1, 0.15) is 0 Å². The number of rotatable bonds is 1. The Balaban J connectivity index is 2.29. The Kier molecular flexibility index (Phi) is 2.76. The van der Waals surface area contributed by atoms with Crippen LogP contribution < -0.4 is 0 Å². The molecule has 0 aliphatic carbocycles. The number of carbonyl (C=O) groups excluding carboxylic acids is 1. The fourth-order valence-electron chi connectivity index (χ4n) is 1.52. The Morgan fingerprint density at radius 2 is 2.38 bits per heavy atom. The zero-order chi connectivity index (χ0) is 11.5. The number of hydrogen-bond acceptors (Lipinski definition) is 3. The summed E-state index contributed by atoms with van der Waals surface area (Å²) in [6.07, 6.45) is 6.67. The number of aromatic amines is 1. The molecule has 0 saturated heterocycles. The third-order valence-electron chi connectivity index (χ3n) is 2.28. The van der Waals surface area contributed by atoms with Gasteiger partial charge in [0, 0.05) is 29.7 Å². The third-order valence-corrected chi connectivity index (χ3v) is 2.28. The lowest BCUT2D eigenvalue weighted by Gasteiger charge is -2.11. The van der Waals surface area contributed by atoms with Crippen molar-refractivity contribution in [2.75, 3.05) is 6.61 Å². The van der Waals surface area contributed by atoms with E-state index in [0.717, 1.165) is 16.8 Å². The number of nitrogens with zero attached hydrogens (tertiary/aromatic N) is 2. The Hall–Kier alpha value is -2.04. The minimum absolute atomic E-state index is 0.338. The summed E-state index contributed by atoms with van der Waals surface area (Å²) < 4.78 is 4.88. The summed E-state index contributed by atoms with van der Waals surface area (Å²) in [5, 5.41) is 5.38. The van der Waals surface area contributed by atoms with Crippen LogP contribution in [0.4, 0.5) is 4.79 Å². The van der Waals surface area contributed by atoms with Crippen molar-refractivity contribution in [1.82, 2.24) is 9.99 Å². The molecule has 1 amide bonds. The van der Waals surface area contributed by atoms with E-state index in [1.54, 1.807) is 13.1 Å². The highest BCUT2D eigenvalue weighted by molar-refractivity contribution is 6.02. The van der Waals surface area contributed by atoms with Gasteiger partial charge in [0.2, 0.25) is 0 Å². The topological polar surface area (TPSA) is 57.7 Å². The summed E-state index contributed by atoms with van der Waals surface area (Å²) in [5.41, 5.74) is 2.77. The first-order chi connectivity index (χ1) is 7.72. The molecule has 1 N–H and O–H groups in total. The largest absolute Gasteiger partial charge is 0.448 e. The fraction of sp³-hybridized carbons (Fsp3) is 0.273. The van der Waals surface area contributed by atoms with Gasteiger partial charge in [-0.2, -0.15) is 10.1 Å². The van der Waals surface area contributed by atoms with Gasteiger partial charge in [-0.25, -0.2) is 4.79 Å². The van der Waals surface area contributed by atoms with Crippen molar-refractivity contribution in [3.8, 4) is 0 Å². The van der Waals surface area contributed by atoms with Crippen LogP contribution in [0.15, 0.2) is 23.7 Å². The summed E-state index contributed by atoms with van der Waals surface area (Å²) in [6.45, 7) is 3.95. The fourth-order valence-corrected chi connectivity index (χ4v) is 1.52. The van der Waals surface area contributed by atoms with E-state index >= 15 is 0 Å². The molecule has 1 aromatic heterocycles. The Morgan fingerprint density at radius 3 is 3.12 bits per heavy atom. The van der Waals surface area contributed by atoms with E-state index < -0.39 is 6.09 Å². The van der Waals surface area contributed by atoms with Crippen LogP contribution in [0, 0.1) is 0 Å². The number of H-pyrrole nitrogens is 1. The van der Waals surface area contributed by atoms with E-state index in [4.69, 9.17) is 4.74 Å². The molecule has 84 valence electrons. The van der Waals surface area contributed by atoms with Crippen LogP contribution in [0.2, 0.25) is 0 Å². The lowest BCUT2D eigenvalue weighted by molar-refractivity contribution is 0.123. The summed E-state index contributed by atoms with van der Waals surface area (Å²) in [5.74, 6) is 0. The maximum atomic E-state index is 11.5. The molecule has 5 nitrogen and oxygen atoms in total. The molecule has 0 unspecified atom stereocenters. The first-order valence-electron chi connectivity index (χ1n) is 5.09. The summed E-state index contributed by atoms with van der Waals surface area (Å²) in [7, 11) is 0. The molecule has 0 fully saturated rings. The first-order valence-corrected chi connectivity index (χ1v) is 5.09. The summed E-state index contributed by atoms with van der Waals surface area (Å²) in [6, 6.07) is 0. The van der Waals surface area contributed by atoms with Crippen molar-refractivity contribution in [1.29, 1.82) is 0 Å². The second-order valence-corrected chi connectivity index (χ2v) is 3.37. The zero-order valence-electron chi connectivity index (χ0n) is 9.23. The van der Waals surface area contributed by atoms with Crippen molar-refractivity contribution in [2.45, 2.75) is 13.8 Å². The minimum Gasteiger partial charge on any atom is -0.448 e. The highest BCUT2D eigenvalue weighted by Gasteiger charge is 2.15. The molecule has 1 aliphatic rings. The van der Waals surface area contributed by atoms with Gasteiger partial charge in [0.05, 0.1) is 12.3 Å². The van der Waals surface area contributed by atoms with Gasteiger partial charge < -0.3 is 9.72 Å². The van der Waals surface area contributed by atoms with E-state index in [1.165, 1.54) is 5.01 Å². The number of ether oxygens (including phenoxy) is 1. The maximum absolute atomic E-state index is 11.5. The van der Waals surface area contributed by atoms with Gasteiger partial charge in [0.15, 0.2) is 0 Å². The second-order valence-electron chi connectivity index (χ2n) is 3.37. The molecule has 0 radical (unpaired) electrons. The van der Waals surface area contributed by atoms with E-state index in [9.17, 15) is 4.79 Å². The number of carbonyl (C=O) groups is 1. The van der Waals surface area contributed by atoms with Crippen LogP contribution >= 0.6 is 0 Å². The number of amides is 1. The van der Waals surface area contributed by atoms with Gasteiger partial charge in [-0.1, -0.05) is 0 Å². The van der Waals surface area contributed by atoms with Crippen molar-refractivity contribution in [2.24, 2.45) is 5.10 Å². The highest BCUT2D eigenvalue weighted by Crippen LogP contribution is 2.16. The van der Waals surface area contributed by atoms with Gasteiger partial charge in [0.25, 0.3) is 0 Å². The van der Waals surface area contributed by atoms with Crippen LogP contribution in [-0.2, 0) is 4.74 Å². The number of aromatic nitrogens is 1. The highest BCUT2D eigenvalue weighted by atomic mass is 16.6. The molecule has 2 rings (SSSR count). The van der Waals surface area contributed by atoms with Gasteiger partial charge in [-0.05, 0) is 19.9 Å². The molecule has 0 atom stereocenters. The Labute approximate surface area is 93.4 Å². The first kappa shape index (κ1) is 10.5. The van der Waals surface area contributed by atoms with Gasteiger partial charge in [-0.3, -0.25) is 0 Å². The van der Waals surface area contributed by atoms with Crippen molar-refractivity contribution < 1.29 is 9.53 Å². The number of nitrogens with one attached hydrogen (secondary N) is 1. The standard InChI is InChI=1S/C11H13N3O2/c1-3-16-11(15)14-5-4-9-6-12-7-10(9)8(2)13-14/h4-7,12H,3H2,1-2H3. The summed E-state index contributed by atoms with van der Waals surface area (Å²) >= 11 is 0. The SMILES string of the molecule is CCOC(=O)N1C=Cc2c[nH]cc2C(C)=N1. The smallest absolute Gasteiger partial charge is 0.434 e. The van der Waals surface area contributed by atoms with Gasteiger partial charge in [-0.15, -0.1) is 0 Å². The van der Waals surface area contributed by atoms with Gasteiger partial charge >= 0.3 is 6.09 Å². The van der Waals surface area contributed by atoms with Crippen LogP contribution in [0.3, 0.4) is 0 Å². The van der Waals surface area contributed by atoms with Crippen LogP contribution in [0.25, 0.3) is 6.08 Å². The van der Waals surface area contributed by atoms with E-state index in [2.05, 4.69) is 10.1 Å². The molecule has 16 heavy (non-hydrogen) atoms. The molecule has 1 aliphatic heterocycles. The Bertz CT molecular complexity index is 460. The molecular weight excluding hydrogens is 206 g/mol. The maximum Gasteiger partial charge on any atom is 0.434 e. The molecule has 2 heterocycles. The summed E-state index contributed by atoms with van der Waals surface area (Å²) in [4.78, 5) is 14.5. The normalized spacial score (nSPS) is 14.1. The lowest BCUT2D eigenvalue weighted by Crippen LogP contribution is -2.22. The molecule has 1 aromatic rings. The number of fused-ring (bicyclic) bond motifs is 1. The number of hydrazone groups is 1. The quantitative estimate of drug-likeness (QED) is 0.787. The van der Waals surface area contributed by atoms with E-state index in [-0.39, 0.29) is 0 Å². The Morgan fingerprint density at radius 1 is 1.56 bits per heavy atom. The molecule has 0 bridgehead atoms. The van der Waals surface area contributed by atoms with E-state index in [1.807, 2.05) is 25.4 Å². The molecule has 0 saturated carbocycles. The molecule has 0 spiro atoms. The predicted octanol–water partition coefficient (Wildman–Crippen LogP) is 2.18. The average Bonchev–Trinajstić information content (AvgIpc) is 2.66. The zero-order valence-corrected chi connectivity index (χ0v) is 9.23. The van der Waals surface area contributed by atoms with Crippen molar-refractivity contribution in [3.05, 3.63) is 29.7 Å². The van der Waals surface area contributed by atoms with E-state index in [0.29, 0.717) is 6.61 Å². The predicted molar refractivity (Wildman–Crippen MR) is 60.9 cm³/mol. The van der Waals surface area contributed by atoms with Crippen LogP contribution in [-0.4, -0.2) is 28.4 Å². The van der Waals surface area contributed by atoms with Crippen molar-refractivity contribution >= 4 is 17.9 Å². The lowest BCUT2D eigenvalue weighted by atomic mass is 10.1. The second kappa shape index (κ2) is 4.22. The van der Waals surface area contributed by atoms with Crippen LogP contribution in [0.1, 0.15) is 25.0 Å². The van der Waals surface area contributed by atoms with Crippen molar-refractivity contribution in [3.63, 3.8) is 0 Å².